The lowest BCUT2D eigenvalue weighted by atomic mass is 10.1. The number of benzene rings is 1. The normalized spacial score (nSPS) is 10.9. The third-order valence-electron chi connectivity index (χ3n) is 3.96. The number of halogens is 1. The number of rotatable bonds is 5. The van der Waals surface area contributed by atoms with Crippen LogP contribution in [0.3, 0.4) is 0 Å². The molecule has 1 amide bonds. The summed E-state index contributed by atoms with van der Waals surface area (Å²) in [5.74, 6) is 0.615. The smallest absolute Gasteiger partial charge is 0.224 e. The van der Waals surface area contributed by atoms with Crippen LogP contribution in [0.2, 0.25) is 5.02 Å². The van der Waals surface area contributed by atoms with E-state index in [1.807, 2.05) is 45.0 Å². The second-order valence-corrected chi connectivity index (χ2v) is 7.25. The molecule has 0 bridgehead atoms. The summed E-state index contributed by atoms with van der Waals surface area (Å²) in [6.45, 7) is 6.02. The molecule has 0 aliphatic heterocycles. The van der Waals surface area contributed by atoms with E-state index in [0.717, 1.165) is 32.4 Å². The van der Waals surface area contributed by atoms with E-state index < -0.39 is 0 Å². The van der Waals surface area contributed by atoms with Gasteiger partial charge in [0.1, 0.15) is 10.8 Å². The number of aryl methyl sites for hydroxylation is 3. The first kappa shape index (κ1) is 17.6. The second-order valence-electron chi connectivity index (χ2n) is 5.76. The van der Waals surface area contributed by atoms with Crippen molar-refractivity contribution in [2.45, 2.75) is 33.7 Å². The first-order valence-electron chi connectivity index (χ1n) is 7.85. The number of nitrogens with one attached hydrogen (secondary N) is 1. The Morgan fingerprint density at radius 1 is 1.24 bits per heavy atom. The molecule has 130 valence electrons. The van der Waals surface area contributed by atoms with Crippen molar-refractivity contribution in [2.24, 2.45) is 0 Å². The fraction of sp³-hybridized carbons (Fsp3) is 0.278. The summed E-state index contributed by atoms with van der Waals surface area (Å²) in [5.41, 5.74) is 3.40. The highest BCUT2D eigenvalue weighted by atomic mass is 35.5. The second kappa shape index (κ2) is 7.37. The molecule has 0 aliphatic rings. The van der Waals surface area contributed by atoms with Crippen LogP contribution in [0, 0.1) is 20.8 Å². The van der Waals surface area contributed by atoms with Gasteiger partial charge in [-0.15, -0.1) is 11.3 Å². The largest absolute Gasteiger partial charge is 0.361 e. The van der Waals surface area contributed by atoms with Crippen LogP contribution in [-0.2, 0) is 17.8 Å². The molecule has 0 saturated carbocycles. The number of hydrogen-bond donors (Lipinski definition) is 1. The Labute approximate surface area is 155 Å². The van der Waals surface area contributed by atoms with Crippen LogP contribution in [-0.4, -0.2) is 16.0 Å². The zero-order valence-corrected chi connectivity index (χ0v) is 15.8. The summed E-state index contributed by atoms with van der Waals surface area (Å²) in [5, 5.41) is 8.34. The SMILES string of the molecule is Cc1nc(-c2ccccc2Cl)sc1CNC(=O)Cc1c(C)noc1C. The van der Waals surface area contributed by atoms with Crippen LogP contribution < -0.4 is 5.32 Å². The van der Waals surface area contributed by atoms with Gasteiger partial charge in [-0.3, -0.25) is 4.79 Å². The predicted octanol–water partition coefficient (Wildman–Crippen LogP) is 4.24. The van der Waals surface area contributed by atoms with Crippen molar-refractivity contribution < 1.29 is 9.32 Å². The van der Waals surface area contributed by atoms with E-state index in [4.69, 9.17) is 16.1 Å². The number of carbonyl (C=O) groups excluding carboxylic acids is 1. The van der Waals surface area contributed by atoms with Gasteiger partial charge in [0.15, 0.2) is 0 Å². The van der Waals surface area contributed by atoms with Gasteiger partial charge in [0.05, 0.1) is 29.4 Å². The van der Waals surface area contributed by atoms with E-state index in [0.29, 0.717) is 17.3 Å². The summed E-state index contributed by atoms with van der Waals surface area (Å²) >= 11 is 7.78. The molecular formula is C18H18ClN3O2S. The molecule has 0 radical (unpaired) electrons. The number of thiazole rings is 1. The number of carbonyl (C=O) groups is 1. The maximum absolute atomic E-state index is 12.2. The molecule has 3 rings (SSSR count). The molecule has 1 aromatic carbocycles. The maximum Gasteiger partial charge on any atom is 0.224 e. The minimum absolute atomic E-state index is 0.0681. The first-order chi connectivity index (χ1) is 12.0. The van der Waals surface area contributed by atoms with E-state index >= 15 is 0 Å². The van der Waals surface area contributed by atoms with Gasteiger partial charge in [-0.25, -0.2) is 4.98 Å². The number of hydrogen-bond acceptors (Lipinski definition) is 5. The average Bonchev–Trinajstić information content (AvgIpc) is 3.10. The van der Waals surface area contributed by atoms with Crippen molar-refractivity contribution in [1.29, 1.82) is 0 Å². The van der Waals surface area contributed by atoms with Crippen LogP contribution in [0.1, 0.15) is 27.6 Å². The van der Waals surface area contributed by atoms with Gasteiger partial charge < -0.3 is 9.84 Å². The molecule has 0 fully saturated rings. The first-order valence-corrected chi connectivity index (χ1v) is 9.04. The predicted molar refractivity (Wildman–Crippen MR) is 98.8 cm³/mol. The molecule has 3 aromatic rings. The van der Waals surface area contributed by atoms with Gasteiger partial charge in [-0.1, -0.05) is 35.0 Å². The van der Waals surface area contributed by atoms with Crippen molar-refractivity contribution in [2.75, 3.05) is 0 Å². The molecule has 2 aromatic heterocycles. The van der Waals surface area contributed by atoms with Gasteiger partial charge in [-0.05, 0) is 26.8 Å². The highest BCUT2D eigenvalue weighted by Gasteiger charge is 2.15. The number of aromatic nitrogens is 2. The molecule has 25 heavy (non-hydrogen) atoms. The zero-order chi connectivity index (χ0) is 18.0. The minimum atomic E-state index is -0.0681. The lowest BCUT2D eigenvalue weighted by Crippen LogP contribution is -2.24. The van der Waals surface area contributed by atoms with Crippen LogP contribution in [0.15, 0.2) is 28.8 Å². The van der Waals surface area contributed by atoms with Gasteiger partial charge >= 0.3 is 0 Å². The summed E-state index contributed by atoms with van der Waals surface area (Å²) in [6.07, 6.45) is 0.260. The van der Waals surface area contributed by atoms with Crippen LogP contribution in [0.4, 0.5) is 0 Å². The summed E-state index contributed by atoms with van der Waals surface area (Å²) in [6, 6.07) is 7.62. The highest BCUT2D eigenvalue weighted by molar-refractivity contribution is 7.15. The highest BCUT2D eigenvalue weighted by Crippen LogP contribution is 2.32. The van der Waals surface area contributed by atoms with Crippen LogP contribution in [0.25, 0.3) is 10.6 Å². The fourth-order valence-corrected chi connectivity index (χ4v) is 3.82. The molecule has 1 N–H and O–H groups in total. The molecule has 0 atom stereocenters. The van der Waals surface area contributed by atoms with E-state index in [-0.39, 0.29) is 12.3 Å². The molecular weight excluding hydrogens is 358 g/mol. The van der Waals surface area contributed by atoms with Crippen molar-refractivity contribution >= 4 is 28.8 Å². The molecule has 0 unspecified atom stereocenters. The third-order valence-corrected chi connectivity index (χ3v) is 5.48. The van der Waals surface area contributed by atoms with Crippen LogP contribution >= 0.6 is 22.9 Å². The van der Waals surface area contributed by atoms with Gasteiger partial charge in [0.25, 0.3) is 0 Å². The molecule has 0 aliphatic carbocycles. The van der Waals surface area contributed by atoms with Crippen molar-refractivity contribution in [1.82, 2.24) is 15.5 Å². The molecule has 0 spiro atoms. The standard InChI is InChI=1S/C18H18ClN3O2S/c1-10-14(12(3)24-22-10)8-17(23)20-9-16-11(2)21-18(25-16)13-6-4-5-7-15(13)19/h4-7H,8-9H2,1-3H3,(H,20,23). The monoisotopic (exact) mass is 375 g/mol. The Morgan fingerprint density at radius 2 is 2.00 bits per heavy atom. The Kier molecular flexibility index (Phi) is 5.20. The van der Waals surface area contributed by atoms with Gasteiger partial charge in [0, 0.05) is 16.0 Å². The Morgan fingerprint density at radius 3 is 2.68 bits per heavy atom. The van der Waals surface area contributed by atoms with Gasteiger partial charge in [-0.2, -0.15) is 0 Å². The molecule has 0 saturated heterocycles. The lowest BCUT2D eigenvalue weighted by Gasteiger charge is -2.04. The Balaban J connectivity index is 1.68. The summed E-state index contributed by atoms with van der Waals surface area (Å²) in [4.78, 5) is 17.8. The summed E-state index contributed by atoms with van der Waals surface area (Å²) in [7, 11) is 0. The number of nitrogens with zero attached hydrogens (tertiary/aromatic N) is 2. The van der Waals surface area contributed by atoms with E-state index in [2.05, 4.69) is 15.5 Å². The van der Waals surface area contributed by atoms with Crippen molar-refractivity contribution in [3.8, 4) is 10.6 Å². The lowest BCUT2D eigenvalue weighted by molar-refractivity contribution is -0.120. The number of amides is 1. The maximum atomic E-state index is 12.2. The molecule has 5 nitrogen and oxygen atoms in total. The molecule has 2 heterocycles. The average molecular weight is 376 g/mol. The van der Waals surface area contributed by atoms with Crippen molar-refractivity contribution in [3.63, 3.8) is 0 Å². The Bertz CT molecular complexity index is 897. The van der Waals surface area contributed by atoms with E-state index in [1.54, 1.807) is 11.3 Å². The quantitative estimate of drug-likeness (QED) is 0.724. The summed E-state index contributed by atoms with van der Waals surface area (Å²) < 4.78 is 5.09. The third kappa shape index (κ3) is 3.91. The zero-order valence-electron chi connectivity index (χ0n) is 14.2. The van der Waals surface area contributed by atoms with Crippen LogP contribution in [0.5, 0.6) is 0 Å². The minimum Gasteiger partial charge on any atom is -0.361 e. The fourth-order valence-electron chi connectivity index (χ4n) is 2.50. The van der Waals surface area contributed by atoms with E-state index in [1.165, 1.54) is 0 Å². The van der Waals surface area contributed by atoms with E-state index in [9.17, 15) is 4.79 Å². The van der Waals surface area contributed by atoms with Gasteiger partial charge in [0.2, 0.25) is 5.91 Å². The Hall–Kier alpha value is -2.18. The topological polar surface area (TPSA) is 68.0 Å². The molecule has 7 heteroatoms. The van der Waals surface area contributed by atoms with Crippen molar-refractivity contribution in [3.05, 3.63) is 56.9 Å².